The number of carbonyl (C=O) groups is 1. The van der Waals surface area contributed by atoms with Crippen molar-refractivity contribution in [3.63, 3.8) is 0 Å². The zero-order valence-electron chi connectivity index (χ0n) is 15.1. The number of hydrogen-bond donors (Lipinski definition) is 0. The molecule has 0 saturated carbocycles. The maximum absolute atomic E-state index is 13.2. The number of hydrogen-bond acceptors (Lipinski definition) is 4. The van der Waals surface area contributed by atoms with Crippen molar-refractivity contribution in [2.45, 2.75) is 31.6 Å². The second-order valence-corrected chi connectivity index (χ2v) is 8.45. The summed E-state index contributed by atoms with van der Waals surface area (Å²) in [5.74, 6) is -0.448. The summed E-state index contributed by atoms with van der Waals surface area (Å²) in [6, 6.07) is 10.5. The summed E-state index contributed by atoms with van der Waals surface area (Å²) in [6.07, 6.45) is 1.51. The van der Waals surface area contributed by atoms with E-state index in [9.17, 15) is 13.2 Å². The zero-order valence-corrected chi connectivity index (χ0v) is 17.4. The van der Waals surface area contributed by atoms with E-state index in [2.05, 4.69) is 0 Å². The fraction of sp³-hybridized carbons (Fsp3) is 0.316. The summed E-state index contributed by atoms with van der Waals surface area (Å²) >= 11 is 11.9. The number of unbranched alkanes of at least 4 members (excludes halogenated alkanes) is 1. The van der Waals surface area contributed by atoms with Gasteiger partial charge in [0.25, 0.3) is 10.0 Å². The molecule has 0 aliphatic rings. The van der Waals surface area contributed by atoms with E-state index in [0.717, 1.165) is 6.42 Å². The lowest BCUT2D eigenvalue weighted by molar-refractivity contribution is 0.0526. The van der Waals surface area contributed by atoms with E-state index in [1.54, 1.807) is 31.2 Å². The number of rotatable bonds is 8. The predicted molar refractivity (Wildman–Crippen MR) is 108 cm³/mol. The fourth-order valence-corrected chi connectivity index (χ4v) is 4.33. The minimum Gasteiger partial charge on any atom is -0.462 e. The van der Waals surface area contributed by atoms with Crippen molar-refractivity contribution >= 4 is 44.9 Å². The number of sulfonamides is 1. The number of carbonyl (C=O) groups excluding carboxylic acids is 1. The first-order chi connectivity index (χ1) is 12.8. The highest BCUT2D eigenvalue weighted by atomic mass is 35.5. The summed E-state index contributed by atoms with van der Waals surface area (Å²) in [5.41, 5.74) is 0.825. The van der Waals surface area contributed by atoms with Crippen molar-refractivity contribution < 1.29 is 17.9 Å². The third-order valence-corrected chi connectivity index (χ3v) is 6.42. The molecule has 2 rings (SSSR count). The summed E-state index contributed by atoms with van der Waals surface area (Å²) < 4.78 is 32.6. The van der Waals surface area contributed by atoms with Gasteiger partial charge in [0.2, 0.25) is 0 Å². The van der Waals surface area contributed by atoms with E-state index >= 15 is 0 Å². The molecular formula is C19H21Cl2NO4S. The first-order valence-electron chi connectivity index (χ1n) is 8.56. The van der Waals surface area contributed by atoms with Crippen LogP contribution < -0.4 is 4.31 Å². The van der Waals surface area contributed by atoms with Crippen LogP contribution in [0.2, 0.25) is 10.0 Å². The molecule has 0 fully saturated rings. The van der Waals surface area contributed by atoms with Gasteiger partial charge >= 0.3 is 5.97 Å². The van der Waals surface area contributed by atoms with Gasteiger partial charge in [0, 0.05) is 6.54 Å². The predicted octanol–water partition coefficient (Wildman–Crippen LogP) is 5.17. The van der Waals surface area contributed by atoms with E-state index in [1.165, 1.54) is 22.5 Å². The SMILES string of the molecule is CCCCN(c1ccc(C(=O)OCC)cc1)S(=O)(=O)c1ccc(Cl)c(Cl)c1. The molecule has 5 nitrogen and oxygen atoms in total. The van der Waals surface area contributed by atoms with E-state index < -0.39 is 16.0 Å². The molecule has 146 valence electrons. The van der Waals surface area contributed by atoms with E-state index in [1.807, 2.05) is 6.92 Å². The van der Waals surface area contributed by atoms with Crippen molar-refractivity contribution in [3.05, 3.63) is 58.1 Å². The first kappa shape index (κ1) is 21.5. The van der Waals surface area contributed by atoms with Gasteiger partial charge in [-0.25, -0.2) is 13.2 Å². The number of esters is 1. The van der Waals surface area contributed by atoms with E-state index in [-0.39, 0.29) is 21.5 Å². The lowest BCUT2D eigenvalue weighted by atomic mass is 10.2. The topological polar surface area (TPSA) is 63.7 Å². The van der Waals surface area contributed by atoms with Crippen LogP contribution in [0.1, 0.15) is 37.0 Å². The molecule has 27 heavy (non-hydrogen) atoms. The van der Waals surface area contributed by atoms with Gasteiger partial charge in [0.1, 0.15) is 0 Å². The molecule has 0 amide bonds. The molecular weight excluding hydrogens is 409 g/mol. The number of nitrogens with zero attached hydrogens (tertiary/aromatic N) is 1. The molecule has 0 bridgehead atoms. The highest BCUT2D eigenvalue weighted by Crippen LogP contribution is 2.29. The minimum absolute atomic E-state index is 0.0578. The van der Waals surface area contributed by atoms with Crippen molar-refractivity contribution in [2.24, 2.45) is 0 Å². The quantitative estimate of drug-likeness (QED) is 0.543. The Morgan fingerprint density at radius 2 is 1.70 bits per heavy atom. The van der Waals surface area contributed by atoms with Crippen LogP contribution in [-0.4, -0.2) is 27.5 Å². The van der Waals surface area contributed by atoms with Gasteiger partial charge in [-0.15, -0.1) is 0 Å². The van der Waals surface area contributed by atoms with Crippen LogP contribution in [0.5, 0.6) is 0 Å². The summed E-state index contributed by atoms with van der Waals surface area (Å²) in [6.45, 7) is 4.28. The van der Waals surface area contributed by atoms with Gasteiger partial charge in [-0.05, 0) is 55.8 Å². The number of halogens is 2. The summed E-state index contributed by atoms with van der Waals surface area (Å²) in [5, 5.41) is 0.459. The van der Waals surface area contributed by atoms with Crippen molar-refractivity contribution in [3.8, 4) is 0 Å². The first-order valence-corrected chi connectivity index (χ1v) is 10.8. The lowest BCUT2D eigenvalue weighted by Gasteiger charge is -2.25. The third kappa shape index (κ3) is 5.15. The molecule has 0 atom stereocenters. The smallest absolute Gasteiger partial charge is 0.338 e. The molecule has 2 aromatic rings. The minimum atomic E-state index is -3.83. The fourth-order valence-electron chi connectivity index (χ4n) is 2.43. The van der Waals surface area contributed by atoms with Crippen molar-refractivity contribution in [1.29, 1.82) is 0 Å². The van der Waals surface area contributed by atoms with Gasteiger partial charge in [0.15, 0.2) is 0 Å². The molecule has 8 heteroatoms. The van der Waals surface area contributed by atoms with Crippen LogP contribution >= 0.6 is 23.2 Å². The Labute approximate surface area is 169 Å². The Morgan fingerprint density at radius 3 is 2.26 bits per heavy atom. The number of benzene rings is 2. The van der Waals surface area contributed by atoms with Crippen LogP contribution in [0.4, 0.5) is 5.69 Å². The van der Waals surface area contributed by atoms with Crippen molar-refractivity contribution in [2.75, 3.05) is 17.5 Å². The van der Waals surface area contributed by atoms with Crippen LogP contribution in [0.3, 0.4) is 0 Å². The molecule has 2 aromatic carbocycles. The molecule has 0 aliphatic carbocycles. The number of anilines is 1. The average Bonchev–Trinajstić information content (AvgIpc) is 2.64. The second kappa shape index (κ2) is 9.44. The molecule has 0 saturated heterocycles. The molecule has 0 unspecified atom stereocenters. The highest BCUT2D eigenvalue weighted by Gasteiger charge is 2.25. The third-order valence-electron chi connectivity index (χ3n) is 3.86. The van der Waals surface area contributed by atoms with Crippen LogP contribution in [0, 0.1) is 0 Å². The van der Waals surface area contributed by atoms with E-state index in [4.69, 9.17) is 27.9 Å². The van der Waals surface area contributed by atoms with Gasteiger partial charge < -0.3 is 4.74 Å². The largest absolute Gasteiger partial charge is 0.462 e. The van der Waals surface area contributed by atoms with Gasteiger partial charge in [-0.2, -0.15) is 0 Å². The number of ether oxygens (including phenoxy) is 1. The van der Waals surface area contributed by atoms with Gasteiger partial charge in [0.05, 0.1) is 32.8 Å². The standard InChI is InChI=1S/C19H21Cl2NO4S/c1-3-5-12-22(15-8-6-14(7-9-15)19(23)26-4-2)27(24,25)16-10-11-17(20)18(21)13-16/h6-11,13H,3-5,12H2,1-2H3. The monoisotopic (exact) mass is 429 g/mol. The Hall–Kier alpha value is -1.76. The normalized spacial score (nSPS) is 11.3. The van der Waals surface area contributed by atoms with Gasteiger partial charge in [-0.1, -0.05) is 36.5 Å². The van der Waals surface area contributed by atoms with E-state index in [0.29, 0.717) is 24.2 Å². The van der Waals surface area contributed by atoms with Gasteiger partial charge in [-0.3, -0.25) is 4.31 Å². The molecule has 0 heterocycles. The molecule has 0 radical (unpaired) electrons. The maximum Gasteiger partial charge on any atom is 0.338 e. The van der Waals surface area contributed by atoms with Crippen molar-refractivity contribution in [1.82, 2.24) is 0 Å². The average molecular weight is 430 g/mol. The van der Waals surface area contributed by atoms with Crippen LogP contribution in [-0.2, 0) is 14.8 Å². The Morgan fingerprint density at radius 1 is 1.04 bits per heavy atom. The highest BCUT2D eigenvalue weighted by molar-refractivity contribution is 7.92. The zero-order chi connectivity index (χ0) is 20.0. The summed E-state index contributed by atoms with van der Waals surface area (Å²) in [7, 11) is -3.83. The maximum atomic E-state index is 13.2. The lowest BCUT2D eigenvalue weighted by Crippen LogP contribution is -2.32. The molecule has 0 N–H and O–H groups in total. The Bertz CT molecular complexity index is 898. The summed E-state index contributed by atoms with van der Waals surface area (Å²) in [4.78, 5) is 11.9. The van der Waals surface area contributed by atoms with Crippen LogP contribution in [0.15, 0.2) is 47.4 Å². The second-order valence-electron chi connectivity index (χ2n) is 5.77. The Balaban J connectivity index is 2.41. The van der Waals surface area contributed by atoms with Crippen LogP contribution in [0.25, 0.3) is 0 Å². The Kier molecular flexibility index (Phi) is 7.53. The molecule has 0 aliphatic heterocycles. The molecule has 0 spiro atoms. The molecule has 0 aromatic heterocycles.